The number of para-hydroxylation sites is 1. The number of nitrogens with zero attached hydrogens (tertiary/aromatic N) is 2. The van der Waals surface area contributed by atoms with E-state index in [0.717, 1.165) is 34.3 Å². The molecule has 0 atom stereocenters. The molecule has 0 spiro atoms. The van der Waals surface area contributed by atoms with Crippen LogP contribution in [0.25, 0.3) is 27.6 Å². The molecule has 4 aromatic rings. The highest BCUT2D eigenvalue weighted by Crippen LogP contribution is 2.29. The molecule has 146 valence electrons. The second kappa shape index (κ2) is 7.92. The van der Waals surface area contributed by atoms with Gasteiger partial charge in [0.25, 0.3) is 5.56 Å². The molecule has 29 heavy (non-hydrogen) atoms. The van der Waals surface area contributed by atoms with Crippen molar-refractivity contribution in [3.05, 3.63) is 89.1 Å². The van der Waals surface area contributed by atoms with Crippen molar-refractivity contribution in [1.82, 2.24) is 9.55 Å². The quantitative estimate of drug-likeness (QED) is 0.463. The van der Waals surface area contributed by atoms with Gasteiger partial charge in [-0.2, -0.15) is 0 Å². The molecular weight excluding hydrogens is 360 g/mol. The molecule has 0 radical (unpaired) electrons. The van der Waals surface area contributed by atoms with Gasteiger partial charge in [-0.1, -0.05) is 43.3 Å². The van der Waals surface area contributed by atoms with E-state index >= 15 is 0 Å². The summed E-state index contributed by atoms with van der Waals surface area (Å²) in [5.41, 5.74) is 3.58. The topological polar surface area (TPSA) is 44.1 Å². The van der Waals surface area contributed by atoms with E-state index in [2.05, 4.69) is 18.0 Å². The fourth-order valence-electron chi connectivity index (χ4n) is 3.68. The molecule has 4 nitrogen and oxygen atoms in total. The van der Waals surface area contributed by atoms with Crippen LogP contribution in [0.3, 0.4) is 0 Å². The Morgan fingerprint density at radius 1 is 1.00 bits per heavy atom. The Bertz CT molecular complexity index is 1210. The summed E-state index contributed by atoms with van der Waals surface area (Å²) in [6, 6.07) is 19.8. The standard InChI is InChI=1S/C25H24N2O2/c1-4-20-13-18-9-8-12-23(19-14-22(16-26-15-19)29-17(2)3)24(18)25(28)27(20)21-10-6-5-7-11-21/h5-17H,4H2,1-3H3. The Morgan fingerprint density at radius 3 is 2.52 bits per heavy atom. The van der Waals surface area contributed by atoms with Gasteiger partial charge in [-0.05, 0) is 55.5 Å². The first kappa shape index (κ1) is 18.9. The molecule has 0 aliphatic carbocycles. The largest absolute Gasteiger partial charge is 0.489 e. The average molecular weight is 384 g/mol. The number of aromatic nitrogens is 2. The smallest absolute Gasteiger partial charge is 0.263 e. The van der Waals surface area contributed by atoms with Gasteiger partial charge in [0.05, 0.1) is 17.7 Å². The summed E-state index contributed by atoms with van der Waals surface area (Å²) in [7, 11) is 0. The molecule has 0 saturated heterocycles. The lowest BCUT2D eigenvalue weighted by Gasteiger charge is -2.16. The van der Waals surface area contributed by atoms with Gasteiger partial charge in [-0.3, -0.25) is 14.3 Å². The van der Waals surface area contributed by atoms with Crippen molar-refractivity contribution >= 4 is 10.8 Å². The molecule has 2 heterocycles. The van der Waals surface area contributed by atoms with Crippen LogP contribution in [0.2, 0.25) is 0 Å². The Kier molecular flexibility index (Phi) is 5.17. The highest BCUT2D eigenvalue weighted by Gasteiger charge is 2.15. The van der Waals surface area contributed by atoms with Gasteiger partial charge < -0.3 is 4.74 Å². The first-order valence-corrected chi connectivity index (χ1v) is 9.93. The number of aryl methyl sites for hydroxylation is 1. The first-order valence-electron chi connectivity index (χ1n) is 9.93. The minimum atomic E-state index is -0.0173. The maximum Gasteiger partial charge on any atom is 0.263 e. The van der Waals surface area contributed by atoms with Crippen LogP contribution in [0.5, 0.6) is 5.75 Å². The first-order chi connectivity index (χ1) is 14.1. The third kappa shape index (κ3) is 3.66. The van der Waals surface area contributed by atoms with Gasteiger partial charge in [0.2, 0.25) is 0 Å². The van der Waals surface area contributed by atoms with Crippen LogP contribution in [0, 0.1) is 0 Å². The van der Waals surface area contributed by atoms with E-state index in [-0.39, 0.29) is 11.7 Å². The molecule has 4 rings (SSSR count). The molecule has 0 fully saturated rings. The third-order valence-corrected chi connectivity index (χ3v) is 4.90. The zero-order valence-corrected chi connectivity index (χ0v) is 16.9. The summed E-state index contributed by atoms with van der Waals surface area (Å²) >= 11 is 0. The van der Waals surface area contributed by atoms with Gasteiger partial charge in [0.1, 0.15) is 5.75 Å². The number of ether oxygens (including phenoxy) is 1. The van der Waals surface area contributed by atoms with Gasteiger partial charge >= 0.3 is 0 Å². The Hall–Kier alpha value is -3.40. The fourth-order valence-corrected chi connectivity index (χ4v) is 3.68. The molecule has 0 N–H and O–H groups in total. The van der Waals surface area contributed by atoms with Crippen LogP contribution >= 0.6 is 0 Å². The van der Waals surface area contributed by atoms with Crippen LogP contribution in [-0.2, 0) is 6.42 Å². The molecule has 0 aliphatic rings. The predicted molar refractivity (Wildman–Crippen MR) is 118 cm³/mol. The van der Waals surface area contributed by atoms with Gasteiger partial charge in [-0.15, -0.1) is 0 Å². The number of benzene rings is 2. The molecule has 0 amide bonds. The number of hydrogen-bond donors (Lipinski definition) is 0. The van der Waals surface area contributed by atoms with Crippen LogP contribution < -0.4 is 10.3 Å². The maximum absolute atomic E-state index is 13.7. The average Bonchev–Trinajstić information content (AvgIpc) is 2.73. The van der Waals surface area contributed by atoms with Crippen molar-refractivity contribution in [1.29, 1.82) is 0 Å². The summed E-state index contributed by atoms with van der Waals surface area (Å²) in [4.78, 5) is 18.0. The van der Waals surface area contributed by atoms with E-state index < -0.39 is 0 Å². The molecule has 2 aromatic heterocycles. The predicted octanol–water partition coefficient (Wildman–Crippen LogP) is 5.40. The normalized spacial score (nSPS) is 11.2. The highest BCUT2D eigenvalue weighted by atomic mass is 16.5. The van der Waals surface area contributed by atoms with E-state index in [1.165, 1.54) is 0 Å². The van der Waals surface area contributed by atoms with Crippen LogP contribution in [-0.4, -0.2) is 15.7 Å². The summed E-state index contributed by atoms with van der Waals surface area (Å²) in [6.07, 6.45) is 4.31. The maximum atomic E-state index is 13.7. The van der Waals surface area contributed by atoms with Crippen molar-refractivity contribution < 1.29 is 4.74 Å². The van der Waals surface area contributed by atoms with Crippen LogP contribution in [0.15, 0.2) is 77.9 Å². The lowest BCUT2D eigenvalue weighted by molar-refractivity contribution is 0.241. The molecule has 0 saturated carbocycles. The van der Waals surface area contributed by atoms with Crippen molar-refractivity contribution in [3.63, 3.8) is 0 Å². The number of rotatable bonds is 5. The Labute approximate surface area is 170 Å². The lowest BCUT2D eigenvalue weighted by Crippen LogP contribution is -2.22. The number of hydrogen-bond acceptors (Lipinski definition) is 3. The molecule has 2 aromatic carbocycles. The Balaban J connectivity index is 1.99. The minimum Gasteiger partial charge on any atom is -0.489 e. The summed E-state index contributed by atoms with van der Waals surface area (Å²) in [5.74, 6) is 0.697. The summed E-state index contributed by atoms with van der Waals surface area (Å²) < 4.78 is 7.62. The molecule has 0 unspecified atom stereocenters. The zero-order chi connectivity index (χ0) is 20.4. The summed E-state index contributed by atoms with van der Waals surface area (Å²) in [5, 5.41) is 1.63. The SMILES string of the molecule is CCc1cc2cccc(-c3cncc(OC(C)C)c3)c2c(=O)n1-c1ccccc1. The molecule has 0 aliphatic heterocycles. The van der Waals surface area contributed by atoms with E-state index in [9.17, 15) is 4.79 Å². The number of fused-ring (bicyclic) bond motifs is 1. The third-order valence-electron chi connectivity index (χ3n) is 4.90. The monoisotopic (exact) mass is 384 g/mol. The van der Waals surface area contributed by atoms with Crippen molar-refractivity contribution in [3.8, 4) is 22.6 Å². The van der Waals surface area contributed by atoms with Gasteiger partial charge in [-0.25, -0.2) is 0 Å². The van der Waals surface area contributed by atoms with E-state index in [1.807, 2.05) is 73.0 Å². The Morgan fingerprint density at radius 2 is 1.79 bits per heavy atom. The highest BCUT2D eigenvalue weighted by molar-refractivity contribution is 5.96. The van der Waals surface area contributed by atoms with Crippen molar-refractivity contribution in [2.45, 2.75) is 33.3 Å². The lowest BCUT2D eigenvalue weighted by atomic mass is 9.99. The van der Waals surface area contributed by atoms with Crippen molar-refractivity contribution in [2.75, 3.05) is 0 Å². The minimum absolute atomic E-state index is 0.0173. The van der Waals surface area contributed by atoms with E-state index in [1.54, 1.807) is 12.4 Å². The zero-order valence-electron chi connectivity index (χ0n) is 16.9. The fraction of sp³-hybridized carbons (Fsp3) is 0.200. The van der Waals surface area contributed by atoms with Gasteiger partial charge in [0.15, 0.2) is 0 Å². The van der Waals surface area contributed by atoms with Crippen LogP contribution in [0.4, 0.5) is 0 Å². The van der Waals surface area contributed by atoms with Gasteiger partial charge in [0, 0.05) is 23.1 Å². The molecule has 0 bridgehead atoms. The summed E-state index contributed by atoms with van der Waals surface area (Å²) in [6.45, 7) is 6.03. The second-order valence-corrected chi connectivity index (χ2v) is 7.31. The van der Waals surface area contributed by atoms with Crippen molar-refractivity contribution in [2.24, 2.45) is 0 Å². The van der Waals surface area contributed by atoms with Crippen LogP contribution in [0.1, 0.15) is 26.5 Å². The van der Waals surface area contributed by atoms with E-state index in [0.29, 0.717) is 11.1 Å². The molecule has 4 heteroatoms. The van der Waals surface area contributed by atoms with E-state index in [4.69, 9.17) is 4.74 Å². The second-order valence-electron chi connectivity index (χ2n) is 7.31. The molecular formula is C25H24N2O2. The number of pyridine rings is 2.